The molecule has 1 unspecified atom stereocenters. The number of hydrogen-bond donors (Lipinski definition) is 0. The Morgan fingerprint density at radius 3 is 2.75 bits per heavy atom. The number of nitrogens with zero attached hydrogens (tertiary/aromatic N) is 3. The van der Waals surface area contributed by atoms with Gasteiger partial charge in [0.25, 0.3) is 5.91 Å². The first-order valence-electron chi connectivity index (χ1n) is 9.88. The fourth-order valence-corrected chi connectivity index (χ4v) is 4.12. The molecule has 1 amide bonds. The Morgan fingerprint density at radius 1 is 1.25 bits per heavy atom. The van der Waals surface area contributed by atoms with E-state index in [0.29, 0.717) is 11.8 Å². The maximum Gasteiger partial charge on any atom is 0.260 e. The molecule has 1 aromatic heterocycles. The van der Waals surface area contributed by atoms with Crippen molar-refractivity contribution < 1.29 is 14.3 Å². The van der Waals surface area contributed by atoms with Crippen molar-refractivity contribution >= 4 is 11.6 Å². The number of benzene rings is 1. The third-order valence-electron chi connectivity index (χ3n) is 5.92. The maximum absolute atomic E-state index is 12.5. The maximum atomic E-state index is 12.5. The van der Waals surface area contributed by atoms with Gasteiger partial charge >= 0.3 is 0 Å². The third-order valence-corrected chi connectivity index (χ3v) is 5.92. The van der Waals surface area contributed by atoms with Gasteiger partial charge in [-0.05, 0) is 43.5 Å². The normalized spacial score (nSPS) is 20.9. The number of likely N-dealkylation sites (tertiary alicyclic amines) is 1. The SMILES string of the molecule is CN(c1ccccc1)C1COC2(CCN(C(=O)COc3cccnc3)CC2)C1. The van der Waals surface area contributed by atoms with Gasteiger partial charge in [-0.15, -0.1) is 0 Å². The predicted molar refractivity (Wildman–Crippen MR) is 107 cm³/mol. The number of pyridine rings is 1. The molecule has 148 valence electrons. The van der Waals surface area contributed by atoms with Gasteiger partial charge in [0.15, 0.2) is 6.61 Å². The number of anilines is 1. The Bertz CT molecular complexity index is 776. The number of para-hydroxylation sites is 1. The smallest absolute Gasteiger partial charge is 0.260 e. The lowest BCUT2D eigenvalue weighted by Gasteiger charge is -2.39. The molecule has 0 N–H and O–H groups in total. The molecule has 6 heteroatoms. The number of rotatable bonds is 5. The number of piperidine rings is 1. The molecule has 0 aliphatic carbocycles. The monoisotopic (exact) mass is 381 g/mol. The Labute approximate surface area is 166 Å². The fraction of sp³-hybridized carbons (Fsp3) is 0.455. The zero-order chi connectivity index (χ0) is 19.4. The van der Waals surface area contributed by atoms with Crippen LogP contribution >= 0.6 is 0 Å². The summed E-state index contributed by atoms with van der Waals surface area (Å²) >= 11 is 0. The molecule has 1 spiro atoms. The van der Waals surface area contributed by atoms with Crippen molar-refractivity contribution in [3.05, 3.63) is 54.9 Å². The number of aromatic nitrogens is 1. The van der Waals surface area contributed by atoms with Crippen LogP contribution in [-0.2, 0) is 9.53 Å². The molecule has 1 aromatic carbocycles. The van der Waals surface area contributed by atoms with Crippen molar-refractivity contribution in [1.29, 1.82) is 0 Å². The van der Waals surface area contributed by atoms with Gasteiger partial charge in [-0.25, -0.2) is 0 Å². The van der Waals surface area contributed by atoms with E-state index in [4.69, 9.17) is 9.47 Å². The third kappa shape index (κ3) is 4.12. The van der Waals surface area contributed by atoms with Crippen molar-refractivity contribution in [3.63, 3.8) is 0 Å². The van der Waals surface area contributed by atoms with Crippen LogP contribution in [0.5, 0.6) is 5.75 Å². The first-order chi connectivity index (χ1) is 13.7. The van der Waals surface area contributed by atoms with E-state index in [1.807, 2.05) is 11.0 Å². The van der Waals surface area contributed by atoms with Crippen LogP contribution in [0, 0.1) is 0 Å². The van der Waals surface area contributed by atoms with Gasteiger partial charge in [-0.3, -0.25) is 9.78 Å². The van der Waals surface area contributed by atoms with Crippen molar-refractivity contribution in [1.82, 2.24) is 9.88 Å². The molecule has 0 radical (unpaired) electrons. The lowest BCUT2D eigenvalue weighted by atomic mass is 9.87. The molecule has 2 fully saturated rings. The summed E-state index contributed by atoms with van der Waals surface area (Å²) in [6.07, 6.45) is 6.07. The van der Waals surface area contributed by atoms with Crippen LogP contribution in [-0.4, -0.2) is 60.8 Å². The second-order valence-electron chi connectivity index (χ2n) is 7.66. The fourth-order valence-electron chi connectivity index (χ4n) is 4.12. The van der Waals surface area contributed by atoms with E-state index in [9.17, 15) is 4.79 Å². The summed E-state index contributed by atoms with van der Waals surface area (Å²) in [7, 11) is 2.14. The van der Waals surface area contributed by atoms with Gasteiger partial charge in [0, 0.05) is 32.0 Å². The van der Waals surface area contributed by atoms with Crippen molar-refractivity contribution in [3.8, 4) is 5.75 Å². The Kier molecular flexibility index (Phi) is 5.48. The summed E-state index contributed by atoms with van der Waals surface area (Å²) in [5.74, 6) is 0.643. The zero-order valence-electron chi connectivity index (χ0n) is 16.3. The van der Waals surface area contributed by atoms with E-state index in [1.54, 1.807) is 24.5 Å². The van der Waals surface area contributed by atoms with Crippen LogP contribution in [0.4, 0.5) is 5.69 Å². The first kappa shape index (κ1) is 18.7. The van der Waals surface area contributed by atoms with Crippen LogP contribution in [0.3, 0.4) is 0 Å². The highest BCUT2D eigenvalue weighted by Crippen LogP contribution is 2.38. The van der Waals surface area contributed by atoms with E-state index >= 15 is 0 Å². The Hall–Kier alpha value is -2.60. The second-order valence-corrected chi connectivity index (χ2v) is 7.66. The second kappa shape index (κ2) is 8.19. The minimum atomic E-state index is -0.102. The van der Waals surface area contributed by atoms with Crippen LogP contribution in [0.25, 0.3) is 0 Å². The number of amides is 1. The average molecular weight is 381 g/mol. The van der Waals surface area contributed by atoms with Crippen molar-refractivity contribution in [2.24, 2.45) is 0 Å². The molecule has 28 heavy (non-hydrogen) atoms. The molecule has 0 saturated carbocycles. The summed E-state index contributed by atoms with van der Waals surface area (Å²) in [5, 5.41) is 0. The summed E-state index contributed by atoms with van der Waals surface area (Å²) in [6, 6.07) is 14.4. The molecular formula is C22H27N3O3. The molecule has 4 rings (SSSR count). The molecule has 6 nitrogen and oxygen atoms in total. The topological polar surface area (TPSA) is 54.9 Å². The summed E-state index contributed by atoms with van der Waals surface area (Å²) in [5.41, 5.74) is 1.11. The average Bonchev–Trinajstić information content (AvgIpc) is 3.17. The van der Waals surface area contributed by atoms with Gasteiger partial charge < -0.3 is 19.3 Å². The van der Waals surface area contributed by atoms with Crippen molar-refractivity contribution in [2.45, 2.75) is 30.9 Å². The highest BCUT2D eigenvalue weighted by atomic mass is 16.5. The van der Waals surface area contributed by atoms with Gasteiger partial charge in [-0.1, -0.05) is 18.2 Å². The lowest BCUT2D eigenvalue weighted by Crippen LogP contribution is -2.48. The van der Waals surface area contributed by atoms with E-state index in [-0.39, 0.29) is 18.1 Å². The molecule has 1 atom stereocenters. The molecule has 2 aliphatic rings. The minimum Gasteiger partial charge on any atom is -0.482 e. The minimum absolute atomic E-state index is 0.0228. The molecule has 3 heterocycles. The van der Waals surface area contributed by atoms with Gasteiger partial charge in [0.1, 0.15) is 5.75 Å². The lowest BCUT2D eigenvalue weighted by molar-refractivity contribution is -0.138. The van der Waals surface area contributed by atoms with Crippen LogP contribution in [0.2, 0.25) is 0 Å². The molecule has 2 aliphatic heterocycles. The van der Waals surface area contributed by atoms with Crippen LogP contribution in [0.15, 0.2) is 54.9 Å². The van der Waals surface area contributed by atoms with Crippen LogP contribution < -0.4 is 9.64 Å². The predicted octanol–water partition coefficient (Wildman–Crippen LogP) is 2.75. The molecule has 2 saturated heterocycles. The van der Waals surface area contributed by atoms with E-state index in [1.165, 1.54) is 5.69 Å². The first-order valence-corrected chi connectivity index (χ1v) is 9.88. The largest absolute Gasteiger partial charge is 0.482 e. The number of carbonyl (C=O) groups is 1. The summed E-state index contributed by atoms with van der Waals surface area (Å²) in [4.78, 5) is 20.7. The summed E-state index contributed by atoms with van der Waals surface area (Å²) in [6.45, 7) is 2.23. The molecule has 0 bridgehead atoms. The Morgan fingerprint density at radius 2 is 2.04 bits per heavy atom. The number of likely N-dealkylation sites (N-methyl/N-ethyl adjacent to an activating group) is 1. The van der Waals surface area contributed by atoms with Crippen LogP contribution in [0.1, 0.15) is 19.3 Å². The zero-order valence-corrected chi connectivity index (χ0v) is 16.3. The highest BCUT2D eigenvalue weighted by Gasteiger charge is 2.44. The van der Waals surface area contributed by atoms with Gasteiger partial charge in [0.05, 0.1) is 24.4 Å². The van der Waals surface area contributed by atoms with Gasteiger partial charge in [0.2, 0.25) is 0 Å². The number of hydrogen-bond acceptors (Lipinski definition) is 5. The molecule has 2 aromatic rings. The quantitative estimate of drug-likeness (QED) is 0.797. The standard InChI is InChI=1S/C22H27N3O3/c1-24(18-6-3-2-4-7-18)19-14-22(28-16-19)9-12-25(13-10-22)21(26)17-27-20-8-5-11-23-15-20/h2-8,11,15,19H,9-10,12-14,16-17H2,1H3. The van der Waals surface area contributed by atoms with Gasteiger partial charge in [-0.2, -0.15) is 0 Å². The van der Waals surface area contributed by atoms with E-state index < -0.39 is 0 Å². The summed E-state index contributed by atoms with van der Waals surface area (Å²) < 4.78 is 11.8. The highest BCUT2D eigenvalue weighted by molar-refractivity contribution is 5.77. The van der Waals surface area contributed by atoms with E-state index in [0.717, 1.165) is 39.0 Å². The number of ether oxygens (including phenoxy) is 2. The van der Waals surface area contributed by atoms with Crippen molar-refractivity contribution in [2.75, 3.05) is 38.3 Å². The van der Waals surface area contributed by atoms with E-state index in [2.05, 4.69) is 41.2 Å². The number of carbonyl (C=O) groups excluding carboxylic acids is 1. The molecular weight excluding hydrogens is 354 g/mol. The Balaban J connectivity index is 1.27.